The molecule has 1 heterocycles. The van der Waals surface area contributed by atoms with Crippen molar-refractivity contribution in [2.24, 2.45) is 11.3 Å². The summed E-state index contributed by atoms with van der Waals surface area (Å²) in [5.74, 6) is 1.08. The highest BCUT2D eigenvalue weighted by molar-refractivity contribution is 5.91. The summed E-state index contributed by atoms with van der Waals surface area (Å²) in [4.78, 5) is 14.1. The molecule has 1 amide bonds. The Morgan fingerprint density at radius 2 is 2.00 bits per heavy atom. The van der Waals surface area contributed by atoms with Crippen molar-refractivity contribution >= 4 is 5.91 Å². The molecule has 0 aromatic heterocycles. The molecule has 1 aliphatic heterocycles. The SMILES string of the molecule is CC(C)C1(CN2CNC3(CC3)C2=O)CC1. The Morgan fingerprint density at radius 3 is 2.40 bits per heavy atom. The Kier molecular flexibility index (Phi) is 1.77. The fourth-order valence-corrected chi connectivity index (χ4v) is 2.80. The van der Waals surface area contributed by atoms with Crippen LogP contribution in [0.5, 0.6) is 0 Å². The molecule has 3 rings (SSSR count). The van der Waals surface area contributed by atoms with Crippen molar-refractivity contribution in [3.05, 3.63) is 0 Å². The van der Waals surface area contributed by atoms with Crippen molar-refractivity contribution in [3.8, 4) is 0 Å². The van der Waals surface area contributed by atoms with Gasteiger partial charge >= 0.3 is 0 Å². The molecule has 2 aliphatic carbocycles. The minimum Gasteiger partial charge on any atom is -0.328 e. The van der Waals surface area contributed by atoms with E-state index in [0.717, 1.165) is 26.1 Å². The molecule has 1 spiro atoms. The van der Waals surface area contributed by atoms with Crippen LogP contribution in [0.4, 0.5) is 0 Å². The van der Waals surface area contributed by atoms with Gasteiger partial charge in [0, 0.05) is 6.54 Å². The number of carbonyl (C=O) groups is 1. The Morgan fingerprint density at radius 1 is 1.33 bits per heavy atom. The molecule has 0 aromatic carbocycles. The first kappa shape index (κ1) is 9.64. The van der Waals surface area contributed by atoms with Gasteiger partial charge in [-0.1, -0.05) is 13.8 Å². The predicted molar refractivity (Wildman–Crippen MR) is 58.2 cm³/mol. The first-order chi connectivity index (χ1) is 7.08. The highest BCUT2D eigenvalue weighted by atomic mass is 16.2. The zero-order valence-electron chi connectivity index (χ0n) is 9.68. The number of hydrogen-bond donors (Lipinski definition) is 1. The van der Waals surface area contributed by atoms with Crippen LogP contribution in [0.25, 0.3) is 0 Å². The normalized spacial score (nSPS) is 30.3. The summed E-state index contributed by atoms with van der Waals surface area (Å²) in [7, 11) is 0. The minimum atomic E-state index is -0.104. The van der Waals surface area contributed by atoms with Gasteiger partial charge in [-0.15, -0.1) is 0 Å². The predicted octanol–water partition coefficient (Wildman–Crippen LogP) is 1.34. The molecular weight excluding hydrogens is 188 g/mol. The lowest BCUT2D eigenvalue weighted by Gasteiger charge is -2.26. The lowest BCUT2D eigenvalue weighted by Crippen LogP contribution is -2.37. The lowest BCUT2D eigenvalue weighted by molar-refractivity contribution is -0.130. The van der Waals surface area contributed by atoms with Crippen molar-refractivity contribution in [3.63, 3.8) is 0 Å². The summed E-state index contributed by atoms with van der Waals surface area (Å²) in [6.07, 6.45) is 4.72. The summed E-state index contributed by atoms with van der Waals surface area (Å²) in [5.41, 5.74) is 0.352. The summed E-state index contributed by atoms with van der Waals surface area (Å²) in [6, 6.07) is 0. The molecule has 3 nitrogen and oxygen atoms in total. The quantitative estimate of drug-likeness (QED) is 0.759. The van der Waals surface area contributed by atoms with Gasteiger partial charge in [0.15, 0.2) is 0 Å². The van der Waals surface area contributed by atoms with E-state index in [1.165, 1.54) is 12.8 Å². The topological polar surface area (TPSA) is 32.3 Å². The smallest absolute Gasteiger partial charge is 0.243 e. The Labute approximate surface area is 91.2 Å². The number of nitrogens with one attached hydrogen (secondary N) is 1. The van der Waals surface area contributed by atoms with Crippen LogP contribution in [0.2, 0.25) is 0 Å². The average molecular weight is 208 g/mol. The summed E-state index contributed by atoms with van der Waals surface area (Å²) < 4.78 is 0. The molecule has 3 fully saturated rings. The monoisotopic (exact) mass is 208 g/mol. The molecule has 3 aliphatic rings. The summed E-state index contributed by atoms with van der Waals surface area (Å²) >= 11 is 0. The van der Waals surface area contributed by atoms with E-state index in [2.05, 4.69) is 24.1 Å². The third-order valence-corrected chi connectivity index (χ3v) is 4.68. The third-order valence-electron chi connectivity index (χ3n) is 4.68. The van der Waals surface area contributed by atoms with Gasteiger partial charge in [0.25, 0.3) is 0 Å². The molecule has 3 heteroatoms. The minimum absolute atomic E-state index is 0.104. The van der Waals surface area contributed by atoms with Gasteiger partial charge in [-0.2, -0.15) is 0 Å². The molecule has 0 radical (unpaired) electrons. The van der Waals surface area contributed by atoms with Gasteiger partial charge < -0.3 is 4.90 Å². The molecule has 1 saturated heterocycles. The van der Waals surface area contributed by atoms with Crippen molar-refractivity contribution in [1.82, 2.24) is 10.2 Å². The third kappa shape index (κ3) is 1.32. The fraction of sp³-hybridized carbons (Fsp3) is 0.917. The second-order valence-electron chi connectivity index (χ2n) is 5.94. The van der Waals surface area contributed by atoms with Crippen LogP contribution in [0.15, 0.2) is 0 Å². The fourth-order valence-electron chi connectivity index (χ4n) is 2.80. The van der Waals surface area contributed by atoms with Gasteiger partial charge in [-0.3, -0.25) is 10.1 Å². The molecule has 84 valence electrons. The van der Waals surface area contributed by atoms with Gasteiger partial charge in [0.05, 0.1) is 12.2 Å². The van der Waals surface area contributed by atoms with E-state index in [-0.39, 0.29) is 5.54 Å². The highest BCUT2D eigenvalue weighted by Crippen LogP contribution is 2.53. The van der Waals surface area contributed by atoms with Gasteiger partial charge in [-0.05, 0) is 37.0 Å². The van der Waals surface area contributed by atoms with Crippen molar-refractivity contribution in [1.29, 1.82) is 0 Å². The van der Waals surface area contributed by atoms with Crippen LogP contribution in [0.1, 0.15) is 39.5 Å². The number of carbonyl (C=O) groups excluding carboxylic acids is 1. The van der Waals surface area contributed by atoms with Crippen molar-refractivity contribution < 1.29 is 4.79 Å². The number of nitrogens with zero attached hydrogens (tertiary/aromatic N) is 1. The second kappa shape index (κ2) is 2.76. The second-order valence-corrected chi connectivity index (χ2v) is 5.94. The van der Waals surface area contributed by atoms with Gasteiger partial charge in [-0.25, -0.2) is 0 Å². The van der Waals surface area contributed by atoms with Crippen LogP contribution in [-0.4, -0.2) is 29.6 Å². The standard InChI is InChI=1S/C12H20N2O/c1-9(2)11(3-4-11)7-14-8-13-12(5-6-12)10(14)15/h9,13H,3-8H2,1-2H3. The van der Waals surface area contributed by atoms with Crippen molar-refractivity contribution in [2.75, 3.05) is 13.2 Å². The van der Waals surface area contributed by atoms with Crippen LogP contribution in [-0.2, 0) is 4.79 Å². The molecule has 0 aromatic rings. The maximum Gasteiger partial charge on any atom is 0.243 e. The summed E-state index contributed by atoms with van der Waals surface area (Å²) in [6.45, 7) is 6.34. The Balaban J connectivity index is 1.67. The maximum atomic E-state index is 12.1. The first-order valence-electron chi connectivity index (χ1n) is 6.12. The van der Waals surface area contributed by atoms with E-state index >= 15 is 0 Å². The maximum absolute atomic E-state index is 12.1. The van der Waals surface area contributed by atoms with E-state index in [1.54, 1.807) is 0 Å². The molecule has 0 bridgehead atoms. The summed E-state index contributed by atoms with van der Waals surface area (Å²) in [5, 5.41) is 3.37. The number of rotatable bonds is 3. The number of hydrogen-bond acceptors (Lipinski definition) is 2. The molecule has 0 atom stereocenters. The van der Waals surface area contributed by atoms with Crippen LogP contribution in [0.3, 0.4) is 0 Å². The van der Waals surface area contributed by atoms with E-state index in [1.807, 2.05) is 0 Å². The van der Waals surface area contributed by atoms with Gasteiger partial charge in [0.2, 0.25) is 5.91 Å². The largest absolute Gasteiger partial charge is 0.328 e. The van der Waals surface area contributed by atoms with Crippen LogP contribution < -0.4 is 5.32 Å². The van der Waals surface area contributed by atoms with Crippen molar-refractivity contribution in [2.45, 2.75) is 45.1 Å². The molecule has 15 heavy (non-hydrogen) atoms. The first-order valence-corrected chi connectivity index (χ1v) is 6.12. The average Bonchev–Trinajstić information content (AvgIpc) is 3.07. The van der Waals surface area contributed by atoms with Crippen LogP contribution in [0, 0.1) is 11.3 Å². The zero-order valence-corrected chi connectivity index (χ0v) is 9.68. The molecule has 1 N–H and O–H groups in total. The zero-order chi connectivity index (χ0) is 10.7. The van der Waals surface area contributed by atoms with E-state index in [0.29, 0.717) is 17.2 Å². The molecular formula is C12H20N2O. The van der Waals surface area contributed by atoms with E-state index in [4.69, 9.17) is 0 Å². The Bertz CT molecular complexity index is 303. The van der Waals surface area contributed by atoms with E-state index in [9.17, 15) is 4.79 Å². The molecule has 2 saturated carbocycles. The Hall–Kier alpha value is -0.570. The number of amides is 1. The van der Waals surface area contributed by atoms with E-state index < -0.39 is 0 Å². The highest BCUT2D eigenvalue weighted by Gasteiger charge is 2.57. The van der Waals surface area contributed by atoms with Crippen LogP contribution >= 0.6 is 0 Å². The van der Waals surface area contributed by atoms with Gasteiger partial charge in [0.1, 0.15) is 0 Å². The molecule has 0 unspecified atom stereocenters. The lowest BCUT2D eigenvalue weighted by atomic mass is 9.92.